The fraction of sp³-hybridized carbons (Fsp3) is 0.300. The summed E-state index contributed by atoms with van der Waals surface area (Å²) in [6, 6.07) is 10.5. The van der Waals surface area contributed by atoms with Crippen LogP contribution < -0.4 is 4.84 Å². The molecule has 33 heavy (non-hydrogen) atoms. The van der Waals surface area contributed by atoms with E-state index in [9.17, 15) is 21.4 Å². The third kappa shape index (κ3) is 6.53. The van der Waals surface area contributed by atoms with E-state index in [4.69, 9.17) is 4.84 Å². The second kappa shape index (κ2) is 10.9. The number of nitrogens with zero attached hydrogens (tertiary/aromatic N) is 4. The Labute approximate surface area is 204 Å². The van der Waals surface area contributed by atoms with Gasteiger partial charge in [0.15, 0.2) is 5.82 Å². The number of hydroxylamine groups is 1. The minimum absolute atomic E-state index is 0. The first-order valence-corrected chi connectivity index (χ1v) is 10.2. The molecule has 0 amide bonds. The predicted molar refractivity (Wildman–Crippen MR) is 106 cm³/mol. The molecule has 2 aromatic carbocycles. The molecule has 1 aliphatic heterocycles. The number of aromatic nitrogens is 2. The molecule has 0 bridgehead atoms. The zero-order chi connectivity index (χ0) is 22.7. The molecule has 0 saturated carbocycles. The number of benzene rings is 2. The minimum atomic E-state index is -4.78. The molecular weight excluding hydrogens is 639 g/mol. The van der Waals surface area contributed by atoms with E-state index in [2.05, 4.69) is 25.0 Å². The third-order valence-corrected chi connectivity index (χ3v) is 5.28. The molecule has 1 fully saturated rings. The van der Waals surface area contributed by atoms with Gasteiger partial charge in [-0.05, 0) is 49.0 Å². The van der Waals surface area contributed by atoms with Crippen molar-refractivity contribution in [3.8, 4) is 17.1 Å². The number of rotatable bonds is 7. The SMILES string of the molecule is FSc1ccc(CN2CCC([N-]Oc3ccc(-c4noc(C(F)(F)F)n4)cc3F)C2)cc1.[W]. The van der Waals surface area contributed by atoms with E-state index in [0.717, 1.165) is 24.6 Å². The van der Waals surface area contributed by atoms with E-state index >= 15 is 0 Å². The number of alkyl halides is 3. The zero-order valence-electron chi connectivity index (χ0n) is 16.8. The molecule has 0 spiro atoms. The van der Waals surface area contributed by atoms with Crippen LogP contribution >= 0.6 is 12.1 Å². The van der Waals surface area contributed by atoms with Crippen LogP contribution in [0.4, 0.5) is 21.4 Å². The molecule has 0 N–H and O–H groups in total. The predicted octanol–water partition coefficient (Wildman–Crippen LogP) is 5.81. The first-order valence-electron chi connectivity index (χ1n) is 9.49. The standard InChI is InChI=1S/C20H16F5N4O2S.W/c21-16-9-13(18-26-19(31-28-18)20(22,23)24)3-6-17(16)30-27-14-7-8-29(11-14)10-12-1-4-15(32-25)5-2-12;/h1-6,9,14H,7-8,10-11H2;/q-1;. The molecular formula is C20H16F5N4O2SW-. The van der Waals surface area contributed by atoms with Crippen molar-refractivity contribution in [3.05, 3.63) is 65.2 Å². The van der Waals surface area contributed by atoms with E-state index in [0.29, 0.717) is 18.0 Å². The molecule has 176 valence electrons. The maximum Gasteiger partial charge on any atom is 0.471 e. The molecule has 1 atom stereocenters. The van der Waals surface area contributed by atoms with E-state index in [1.54, 1.807) is 12.1 Å². The Morgan fingerprint density at radius 1 is 1.18 bits per heavy atom. The zero-order valence-corrected chi connectivity index (χ0v) is 20.5. The Morgan fingerprint density at radius 2 is 1.94 bits per heavy atom. The summed E-state index contributed by atoms with van der Waals surface area (Å²) in [5, 5.41) is 3.22. The van der Waals surface area contributed by atoms with Gasteiger partial charge in [-0.3, -0.25) is 0 Å². The average molecular weight is 655 g/mol. The van der Waals surface area contributed by atoms with Gasteiger partial charge in [0.05, 0.1) is 12.1 Å². The molecule has 1 saturated heterocycles. The van der Waals surface area contributed by atoms with E-state index in [1.807, 2.05) is 12.1 Å². The molecule has 4 rings (SSSR count). The first kappa shape index (κ1) is 25.6. The van der Waals surface area contributed by atoms with Crippen LogP contribution in [-0.4, -0.2) is 34.2 Å². The van der Waals surface area contributed by atoms with Crippen molar-refractivity contribution in [1.29, 1.82) is 0 Å². The normalized spacial score (nSPS) is 16.6. The second-order valence-electron chi connectivity index (χ2n) is 7.16. The molecule has 0 aliphatic carbocycles. The van der Waals surface area contributed by atoms with Crippen molar-refractivity contribution >= 4 is 12.1 Å². The van der Waals surface area contributed by atoms with Crippen LogP contribution in [0.5, 0.6) is 5.75 Å². The van der Waals surface area contributed by atoms with E-state index in [1.165, 1.54) is 12.1 Å². The molecule has 1 aromatic heterocycles. The molecule has 13 heteroatoms. The van der Waals surface area contributed by atoms with Crippen LogP contribution in [0, 0.1) is 5.82 Å². The average Bonchev–Trinajstić information content (AvgIpc) is 3.43. The summed E-state index contributed by atoms with van der Waals surface area (Å²) in [5.74, 6) is -2.87. The number of hydrogen-bond acceptors (Lipinski definition) is 6. The Morgan fingerprint density at radius 3 is 2.58 bits per heavy atom. The summed E-state index contributed by atoms with van der Waals surface area (Å²) >= 11 is 0.195. The molecule has 1 aliphatic rings. The van der Waals surface area contributed by atoms with E-state index < -0.39 is 17.9 Å². The summed E-state index contributed by atoms with van der Waals surface area (Å²) in [6.45, 7) is 2.07. The third-order valence-electron chi connectivity index (χ3n) is 4.82. The van der Waals surface area contributed by atoms with E-state index in [-0.39, 0.29) is 56.4 Å². The van der Waals surface area contributed by atoms with Gasteiger partial charge < -0.3 is 19.7 Å². The molecule has 3 aromatic rings. The fourth-order valence-corrected chi connectivity index (χ4v) is 3.49. The smallest absolute Gasteiger partial charge is 0.471 e. The molecule has 6 nitrogen and oxygen atoms in total. The van der Waals surface area contributed by atoms with Crippen molar-refractivity contribution < 1.29 is 51.9 Å². The summed E-state index contributed by atoms with van der Waals surface area (Å²) in [7, 11) is 0. The first-order chi connectivity index (χ1) is 15.3. The number of likely N-dealkylation sites (tertiary alicyclic amines) is 1. The van der Waals surface area contributed by atoms with Crippen molar-refractivity contribution in [1.82, 2.24) is 15.0 Å². The van der Waals surface area contributed by atoms with Gasteiger partial charge in [0.2, 0.25) is 5.82 Å². The largest absolute Gasteiger partial charge is 0.585 e. The number of halogens is 5. The Balaban J connectivity index is 0.00000306. The fourth-order valence-electron chi connectivity index (χ4n) is 3.25. The summed E-state index contributed by atoms with van der Waals surface area (Å²) in [5.41, 5.74) is 5.13. The van der Waals surface area contributed by atoms with Crippen molar-refractivity contribution in [2.45, 2.75) is 30.1 Å². The van der Waals surface area contributed by atoms with Gasteiger partial charge in [-0.25, -0.2) is 4.39 Å². The van der Waals surface area contributed by atoms with Gasteiger partial charge in [-0.2, -0.15) is 22.0 Å². The maximum absolute atomic E-state index is 14.3. The topological polar surface area (TPSA) is 65.5 Å². The molecule has 0 radical (unpaired) electrons. The maximum atomic E-state index is 14.3. The quantitative estimate of drug-likeness (QED) is 0.237. The minimum Gasteiger partial charge on any atom is -0.585 e. The second-order valence-corrected chi connectivity index (χ2v) is 7.79. The van der Waals surface area contributed by atoms with Crippen LogP contribution in [0.25, 0.3) is 16.9 Å². The Bertz CT molecular complexity index is 1070. The van der Waals surface area contributed by atoms with Gasteiger partial charge >= 0.3 is 12.1 Å². The Kier molecular flexibility index (Phi) is 8.49. The molecule has 2 heterocycles. The van der Waals surface area contributed by atoms with Crippen LogP contribution in [0.2, 0.25) is 0 Å². The summed E-state index contributed by atoms with van der Waals surface area (Å²) < 4.78 is 68.7. The van der Waals surface area contributed by atoms with Crippen LogP contribution in [0.15, 0.2) is 51.9 Å². The van der Waals surface area contributed by atoms with Gasteiger partial charge in [0, 0.05) is 38.1 Å². The monoisotopic (exact) mass is 655 g/mol. The summed E-state index contributed by atoms with van der Waals surface area (Å²) in [6.07, 6.45) is -4.06. The Hall–Kier alpha value is -2.01. The van der Waals surface area contributed by atoms with Crippen LogP contribution in [0.1, 0.15) is 17.9 Å². The van der Waals surface area contributed by atoms with Crippen LogP contribution in [-0.2, 0) is 33.8 Å². The van der Waals surface area contributed by atoms with Gasteiger partial charge in [0.25, 0.3) is 0 Å². The van der Waals surface area contributed by atoms with Gasteiger partial charge in [-0.15, -0.1) is 0 Å². The van der Waals surface area contributed by atoms with Gasteiger partial charge in [-0.1, -0.05) is 29.8 Å². The number of hydrogen-bond donors (Lipinski definition) is 0. The molecule has 1 unspecified atom stereocenters. The van der Waals surface area contributed by atoms with Crippen molar-refractivity contribution in [2.75, 3.05) is 13.1 Å². The van der Waals surface area contributed by atoms with Gasteiger partial charge in [0.1, 0.15) is 5.75 Å². The van der Waals surface area contributed by atoms with Crippen molar-refractivity contribution in [3.63, 3.8) is 0 Å². The van der Waals surface area contributed by atoms with Crippen molar-refractivity contribution in [2.24, 2.45) is 0 Å². The summed E-state index contributed by atoms with van der Waals surface area (Å²) in [4.78, 5) is 11.2. The van der Waals surface area contributed by atoms with Crippen LogP contribution in [0.3, 0.4) is 0 Å².